The molecule has 0 spiro atoms. The molecule has 1 aliphatic heterocycles. The number of hydrogen-bond acceptors (Lipinski definition) is 3. The van der Waals surface area contributed by atoms with Gasteiger partial charge in [-0.25, -0.2) is 0 Å². The molecule has 0 aliphatic carbocycles. The minimum Gasteiger partial charge on any atom is -0.388 e. The van der Waals surface area contributed by atoms with Crippen molar-refractivity contribution in [1.82, 2.24) is 0 Å². The second-order valence-corrected chi connectivity index (χ2v) is 4.55. The Morgan fingerprint density at radius 1 is 1.29 bits per heavy atom. The summed E-state index contributed by atoms with van der Waals surface area (Å²) in [7, 11) is 0. The minimum absolute atomic E-state index is 0.180. The van der Waals surface area contributed by atoms with Crippen molar-refractivity contribution in [3.63, 3.8) is 0 Å². The Bertz CT molecular complexity index is 350. The van der Waals surface area contributed by atoms with Crippen LogP contribution in [0.2, 0.25) is 5.02 Å². The molecule has 1 aromatic carbocycles. The van der Waals surface area contributed by atoms with Crippen LogP contribution in [0, 0.1) is 0 Å². The number of benzene rings is 1. The number of aliphatic hydroxyl groups is 1. The normalized spacial score (nSPS) is 19.2. The lowest BCUT2D eigenvalue weighted by Crippen LogP contribution is -2.25. The van der Waals surface area contributed by atoms with Crippen LogP contribution in [-0.4, -0.2) is 24.6 Å². The third-order valence-electron chi connectivity index (χ3n) is 2.84. The molecule has 0 amide bonds. The summed E-state index contributed by atoms with van der Waals surface area (Å²) in [5.41, 5.74) is 0.768. The first-order valence-electron chi connectivity index (χ1n) is 5.93. The van der Waals surface area contributed by atoms with Crippen molar-refractivity contribution in [3.05, 3.63) is 34.9 Å². The summed E-state index contributed by atoms with van der Waals surface area (Å²) in [6, 6.07) is 7.35. The molecule has 0 saturated carbocycles. The van der Waals surface area contributed by atoms with Crippen LogP contribution in [-0.2, 0) is 9.47 Å². The van der Waals surface area contributed by atoms with E-state index in [1.807, 2.05) is 18.2 Å². The van der Waals surface area contributed by atoms with Gasteiger partial charge in [-0.2, -0.15) is 0 Å². The molecule has 0 aromatic heterocycles. The first-order chi connectivity index (χ1) is 8.27. The SMILES string of the molecule is OC(CCC1OCCCO1)c1ccccc1Cl. The van der Waals surface area contributed by atoms with Gasteiger partial charge in [0.25, 0.3) is 0 Å². The van der Waals surface area contributed by atoms with Crippen LogP contribution in [0.3, 0.4) is 0 Å². The van der Waals surface area contributed by atoms with Crippen molar-refractivity contribution in [1.29, 1.82) is 0 Å². The molecule has 1 saturated heterocycles. The Morgan fingerprint density at radius 2 is 2.00 bits per heavy atom. The first kappa shape index (κ1) is 12.8. The second kappa shape index (κ2) is 6.36. The highest BCUT2D eigenvalue weighted by Gasteiger charge is 2.17. The zero-order valence-corrected chi connectivity index (χ0v) is 10.4. The van der Waals surface area contributed by atoms with E-state index < -0.39 is 6.10 Å². The average Bonchev–Trinajstić information content (AvgIpc) is 2.38. The summed E-state index contributed by atoms with van der Waals surface area (Å²) in [5.74, 6) is 0. The summed E-state index contributed by atoms with van der Waals surface area (Å²) in [6.07, 6.45) is 1.49. The lowest BCUT2D eigenvalue weighted by atomic mass is 10.0. The Kier molecular flexibility index (Phi) is 4.80. The molecule has 0 radical (unpaired) electrons. The van der Waals surface area contributed by atoms with Gasteiger partial charge in [-0.3, -0.25) is 0 Å². The van der Waals surface area contributed by atoms with Gasteiger partial charge in [0.05, 0.1) is 19.3 Å². The van der Waals surface area contributed by atoms with Crippen LogP contribution in [0.25, 0.3) is 0 Å². The molecular formula is C13H17ClO3. The van der Waals surface area contributed by atoms with Gasteiger partial charge in [-0.1, -0.05) is 29.8 Å². The number of ether oxygens (including phenoxy) is 2. The largest absolute Gasteiger partial charge is 0.388 e. The predicted molar refractivity (Wildman–Crippen MR) is 66.0 cm³/mol. The summed E-state index contributed by atoms with van der Waals surface area (Å²) in [6.45, 7) is 1.49. The quantitative estimate of drug-likeness (QED) is 0.900. The van der Waals surface area contributed by atoms with E-state index >= 15 is 0 Å². The highest BCUT2D eigenvalue weighted by molar-refractivity contribution is 6.31. The Balaban J connectivity index is 1.84. The van der Waals surface area contributed by atoms with Crippen LogP contribution >= 0.6 is 11.6 Å². The molecule has 3 nitrogen and oxygen atoms in total. The lowest BCUT2D eigenvalue weighted by Gasteiger charge is -2.24. The monoisotopic (exact) mass is 256 g/mol. The van der Waals surface area contributed by atoms with Crippen molar-refractivity contribution >= 4 is 11.6 Å². The van der Waals surface area contributed by atoms with E-state index in [1.165, 1.54) is 0 Å². The summed E-state index contributed by atoms with van der Waals surface area (Å²) < 4.78 is 10.9. The van der Waals surface area contributed by atoms with E-state index in [-0.39, 0.29) is 6.29 Å². The first-order valence-corrected chi connectivity index (χ1v) is 6.31. The van der Waals surface area contributed by atoms with Crippen LogP contribution in [0.5, 0.6) is 0 Å². The number of aliphatic hydroxyl groups excluding tert-OH is 1. The van der Waals surface area contributed by atoms with Gasteiger partial charge in [-0.05, 0) is 24.5 Å². The van der Waals surface area contributed by atoms with Crippen molar-refractivity contribution in [2.75, 3.05) is 13.2 Å². The van der Waals surface area contributed by atoms with Crippen molar-refractivity contribution < 1.29 is 14.6 Å². The maximum Gasteiger partial charge on any atom is 0.157 e. The van der Waals surface area contributed by atoms with Crippen LogP contribution in [0.1, 0.15) is 30.9 Å². The summed E-state index contributed by atoms with van der Waals surface area (Å²) in [5, 5.41) is 10.6. The fourth-order valence-corrected chi connectivity index (χ4v) is 2.16. The molecule has 1 aromatic rings. The predicted octanol–water partition coefficient (Wildman–Crippen LogP) is 2.92. The molecule has 94 valence electrons. The molecule has 1 aliphatic rings. The maximum atomic E-state index is 10.0. The zero-order valence-electron chi connectivity index (χ0n) is 9.64. The molecule has 1 heterocycles. The van der Waals surface area contributed by atoms with E-state index in [0.717, 1.165) is 25.2 Å². The van der Waals surface area contributed by atoms with Gasteiger partial charge < -0.3 is 14.6 Å². The van der Waals surface area contributed by atoms with Crippen molar-refractivity contribution in [2.24, 2.45) is 0 Å². The van der Waals surface area contributed by atoms with E-state index in [1.54, 1.807) is 6.07 Å². The maximum absolute atomic E-state index is 10.0. The standard InChI is InChI=1S/C13H17ClO3/c14-11-5-2-1-4-10(11)12(15)6-7-13-16-8-3-9-17-13/h1-2,4-5,12-13,15H,3,6-9H2. The highest BCUT2D eigenvalue weighted by Crippen LogP contribution is 2.27. The summed E-state index contributed by atoms with van der Waals surface area (Å²) in [4.78, 5) is 0. The fraction of sp³-hybridized carbons (Fsp3) is 0.538. The Hall–Kier alpha value is -0.610. The Morgan fingerprint density at radius 3 is 2.71 bits per heavy atom. The van der Waals surface area contributed by atoms with Crippen LogP contribution in [0.15, 0.2) is 24.3 Å². The highest BCUT2D eigenvalue weighted by atomic mass is 35.5. The van der Waals surface area contributed by atoms with E-state index in [4.69, 9.17) is 21.1 Å². The van der Waals surface area contributed by atoms with Crippen LogP contribution < -0.4 is 0 Å². The van der Waals surface area contributed by atoms with Gasteiger partial charge in [0.2, 0.25) is 0 Å². The van der Waals surface area contributed by atoms with Crippen molar-refractivity contribution in [2.45, 2.75) is 31.7 Å². The minimum atomic E-state index is -0.558. The fourth-order valence-electron chi connectivity index (χ4n) is 1.90. The zero-order chi connectivity index (χ0) is 12.1. The molecule has 1 atom stereocenters. The molecule has 1 N–H and O–H groups in total. The van der Waals surface area contributed by atoms with E-state index in [2.05, 4.69) is 0 Å². The van der Waals surface area contributed by atoms with Gasteiger partial charge in [0.15, 0.2) is 6.29 Å². The summed E-state index contributed by atoms with van der Waals surface area (Å²) >= 11 is 6.02. The second-order valence-electron chi connectivity index (χ2n) is 4.14. The molecule has 4 heteroatoms. The number of halogens is 1. The van der Waals surface area contributed by atoms with E-state index in [0.29, 0.717) is 17.9 Å². The third-order valence-corrected chi connectivity index (χ3v) is 3.18. The van der Waals surface area contributed by atoms with Crippen LogP contribution in [0.4, 0.5) is 0 Å². The van der Waals surface area contributed by atoms with E-state index in [9.17, 15) is 5.11 Å². The van der Waals surface area contributed by atoms with Crippen molar-refractivity contribution in [3.8, 4) is 0 Å². The van der Waals surface area contributed by atoms with Gasteiger partial charge in [-0.15, -0.1) is 0 Å². The molecular weight excluding hydrogens is 240 g/mol. The number of hydrogen-bond donors (Lipinski definition) is 1. The Labute approximate surface area is 106 Å². The lowest BCUT2D eigenvalue weighted by molar-refractivity contribution is -0.183. The molecule has 1 unspecified atom stereocenters. The smallest absolute Gasteiger partial charge is 0.157 e. The molecule has 1 fully saturated rings. The average molecular weight is 257 g/mol. The number of rotatable bonds is 4. The molecule has 2 rings (SSSR count). The van der Waals surface area contributed by atoms with Gasteiger partial charge >= 0.3 is 0 Å². The molecule has 17 heavy (non-hydrogen) atoms. The topological polar surface area (TPSA) is 38.7 Å². The third kappa shape index (κ3) is 3.68. The van der Waals surface area contributed by atoms with Gasteiger partial charge in [0.1, 0.15) is 0 Å². The molecule has 0 bridgehead atoms. The van der Waals surface area contributed by atoms with Gasteiger partial charge in [0, 0.05) is 11.4 Å².